The highest BCUT2D eigenvalue weighted by atomic mass is 16.3. The number of nitriles is 1. The summed E-state index contributed by atoms with van der Waals surface area (Å²) < 4.78 is 41.8. The van der Waals surface area contributed by atoms with Crippen molar-refractivity contribution in [2.75, 3.05) is 0 Å². The lowest BCUT2D eigenvalue weighted by atomic mass is 9.96. The molecule has 0 aliphatic heterocycles. The fourth-order valence-corrected chi connectivity index (χ4v) is 3.28. The summed E-state index contributed by atoms with van der Waals surface area (Å²) in [6, 6.07) is 11.2. The first kappa shape index (κ1) is 12.3. The van der Waals surface area contributed by atoms with Gasteiger partial charge in [-0.1, -0.05) is 32.0 Å². The minimum atomic E-state index is -1.21. The van der Waals surface area contributed by atoms with E-state index >= 15 is 0 Å². The van der Waals surface area contributed by atoms with Crippen LogP contribution in [0.5, 0.6) is 0 Å². The topological polar surface area (TPSA) is 40.8 Å². The van der Waals surface area contributed by atoms with E-state index < -0.39 is 5.89 Å². The summed E-state index contributed by atoms with van der Waals surface area (Å²) in [5, 5.41) is 11.0. The van der Waals surface area contributed by atoms with Crippen molar-refractivity contribution in [2.24, 2.45) is 7.05 Å². The van der Waals surface area contributed by atoms with Crippen LogP contribution in [0.25, 0.3) is 33.2 Å². The standard InChI is InChI=1S/C23H21N2O/c1-14(2)16-10-11-25(4)19(12-16)21-15(3)8-9-18-22-17(13-24)6-5-7-20(22)26-23(18)21/h5-12,14H,1-4H3/q+1/i10D,11D,12D,14D. The molecule has 0 unspecified atom stereocenters. The molecule has 2 aromatic heterocycles. The summed E-state index contributed by atoms with van der Waals surface area (Å²) in [5.74, 6) is -1.21. The second-order valence-corrected chi connectivity index (χ2v) is 6.67. The zero-order valence-corrected chi connectivity index (χ0v) is 15.2. The Morgan fingerprint density at radius 2 is 2.08 bits per heavy atom. The first-order valence-corrected chi connectivity index (χ1v) is 8.43. The summed E-state index contributed by atoms with van der Waals surface area (Å²) in [4.78, 5) is 0. The molecule has 2 aromatic carbocycles. The van der Waals surface area contributed by atoms with Crippen LogP contribution >= 0.6 is 0 Å². The molecular weight excluding hydrogens is 320 g/mol. The predicted molar refractivity (Wildman–Crippen MR) is 104 cm³/mol. The van der Waals surface area contributed by atoms with Crippen molar-refractivity contribution in [1.82, 2.24) is 0 Å². The molecule has 128 valence electrons. The van der Waals surface area contributed by atoms with Crippen LogP contribution in [0.2, 0.25) is 0 Å². The maximum absolute atomic E-state index is 9.54. The molecule has 0 fully saturated rings. The van der Waals surface area contributed by atoms with Crippen LogP contribution in [0.3, 0.4) is 0 Å². The van der Waals surface area contributed by atoms with Crippen molar-refractivity contribution >= 4 is 21.9 Å². The number of furan rings is 1. The summed E-state index contributed by atoms with van der Waals surface area (Å²) in [5.41, 5.74) is 3.72. The number of fused-ring (bicyclic) bond motifs is 3. The van der Waals surface area contributed by atoms with E-state index in [1.807, 2.05) is 19.1 Å². The molecule has 26 heavy (non-hydrogen) atoms. The van der Waals surface area contributed by atoms with Gasteiger partial charge in [-0.15, -0.1) is 0 Å². The average Bonchev–Trinajstić information content (AvgIpc) is 3.05. The SMILES string of the molecule is [2H]c1c(C([2H])(C)C)c([2H])c(-c2c(C)ccc3c2oc2cccc(C#N)c23)[n+](C)c1[2H]. The van der Waals surface area contributed by atoms with Crippen molar-refractivity contribution < 1.29 is 14.5 Å². The molecule has 0 spiro atoms. The zero-order chi connectivity index (χ0) is 22.0. The van der Waals surface area contributed by atoms with Gasteiger partial charge in [0.2, 0.25) is 5.69 Å². The summed E-state index contributed by atoms with van der Waals surface area (Å²) in [6.07, 6.45) is -0.0680. The maximum Gasteiger partial charge on any atom is 0.216 e. The molecule has 3 heteroatoms. The van der Waals surface area contributed by atoms with Gasteiger partial charge in [-0.3, -0.25) is 0 Å². The van der Waals surface area contributed by atoms with Gasteiger partial charge in [-0.05, 0) is 36.1 Å². The molecule has 0 saturated carbocycles. The van der Waals surface area contributed by atoms with Crippen molar-refractivity contribution in [2.45, 2.75) is 26.7 Å². The quantitative estimate of drug-likeness (QED) is 0.458. The largest absolute Gasteiger partial charge is 0.455 e. The molecular formula is C23H21N2O+. The molecule has 4 aromatic rings. The fourth-order valence-electron chi connectivity index (χ4n) is 3.28. The lowest BCUT2D eigenvalue weighted by Gasteiger charge is -2.09. The number of rotatable bonds is 2. The molecule has 0 saturated heterocycles. The van der Waals surface area contributed by atoms with Crippen molar-refractivity contribution in [1.29, 1.82) is 5.26 Å². The van der Waals surface area contributed by atoms with Gasteiger partial charge in [0, 0.05) is 24.2 Å². The maximum atomic E-state index is 9.54. The van der Waals surface area contributed by atoms with Gasteiger partial charge in [0.25, 0.3) is 0 Å². The van der Waals surface area contributed by atoms with E-state index in [0.29, 0.717) is 28.0 Å². The van der Waals surface area contributed by atoms with Gasteiger partial charge in [-0.25, -0.2) is 4.57 Å². The molecule has 0 amide bonds. The van der Waals surface area contributed by atoms with E-state index in [-0.39, 0.29) is 23.8 Å². The number of aryl methyl sites for hydroxylation is 1. The van der Waals surface area contributed by atoms with Crippen molar-refractivity contribution in [3.63, 3.8) is 0 Å². The van der Waals surface area contributed by atoms with Gasteiger partial charge in [-0.2, -0.15) is 5.26 Å². The molecule has 2 heterocycles. The Bertz CT molecular complexity index is 1390. The molecule has 0 aliphatic carbocycles. The van der Waals surface area contributed by atoms with E-state index in [2.05, 4.69) is 6.07 Å². The highest BCUT2D eigenvalue weighted by Gasteiger charge is 2.22. The Hall–Kier alpha value is -3.12. The highest BCUT2D eigenvalue weighted by molar-refractivity contribution is 6.11. The molecule has 0 bridgehead atoms. The Kier molecular flexibility index (Phi) is 2.83. The van der Waals surface area contributed by atoms with Gasteiger partial charge < -0.3 is 4.42 Å². The fraction of sp³-hybridized carbons (Fsp3) is 0.217. The molecule has 0 aliphatic rings. The minimum absolute atomic E-state index is 0.0371. The highest BCUT2D eigenvalue weighted by Crippen LogP contribution is 2.38. The van der Waals surface area contributed by atoms with Crippen LogP contribution in [0.15, 0.2) is 53.0 Å². The van der Waals surface area contributed by atoms with E-state index in [1.54, 1.807) is 39.1 Å². The zero-order valence-electron chi connectivity index (χ0n) is 19.2. The summed E-state index contributed by atoms with van der Waals surface area (Å²) >= 11 is 0. The third kappa shape index (κ3) is 2.38. The smallest absolute Gasteiger partial charge is 0.216 e. The van der Waals surface area contributed by atoms with Crippen LogP contribution in [-0.2, 0) is 7.05 Å². The van der Waals surface area contributed by atoms with Gasteiger partial charge in [0.15, 0.2) is 6.17 Å². The normalized spacial score (nSPS) is 14.0. The first-order chi connectivity index (χ1) is 14.1. The third-order valence-corrected chi connectivity index (χ3v) is 4.66. The second kappa shape index (κ2) is 6.00. The van der Waals surface area contributed by atoms with E-state index in [9.17, 15) is 5.26 Å². The summed E-state index contributed by atoms with van der Waals surface area (Å²) in [7, 11) is 1.65. The number of hydrogen-bond donors (Lipinski definition) is 0. The monoisotopic (exact) mass is 345 g/mol. The third-order valence-electron chi connectivity index (χ3n) is 4.66. The van der Waals surface area contributed by atoms with Crippen LogP contribution in [0.1, 0.15) is 41.9 Å². The summed E-state index contributed by atoms with van der Waals surface area (Å²) in [6.45, 7) is 5.14. The Labute approximate surface area is 158 Å². The van der Waals surface area contributed by atoms with Gasteiger partial charge >= 0.3 is 0 Å². The van der Waals surface area contributed by atoms with Crippen molar-refractivity contribution in [3.05, 3.63) is 65.3 Å². The van der Waals surface area contributed by atoms with Gasteiger partial charge in [0.1, 0.15) is 19.6 Å². The van der Waals surface area contributed by atoms with E-state index in [0.717, 1.165) is 16.3 Å². The Morgan fingerprint density at radius 3 is 2.81 bits per heavy atom. The molecule has 3 nitrogen and oxygen atoms in total. The predicted octanol–water partition coefficient (Wildman–Crippen LogP) is 5.38. The molecule has 0 radical (unpaired) electrons. The average molecular weight is 345 g/mol. The van der Waals surface area contributed by atoms with Crippen LogP contribution < -0.4 is 4.57 Å². The lowest BCUT2D eigenvalue weighted by Crippen LogP contribution is -2.31. The Morgan fingerprint density at radius 1 is 1.27 bits per heavy atom. The number of aromatic nitrogens is 1. The van der Waals surface area contributed by atoms with Crippen LogP contribution in [-0.4, -0.2) is 0 Å². The first-order valence-electron chi connectivity index (χ1n) is 10.4. The van der Waals surface area contributed by atoms with Crippen LogP contribution in [0.4, 0.5) is 0 Å². The Balaban J connectivity index is 2.22. The second-order valence-electron chi connectivity index (χ2n) is 6.67. The number of hydrogen-bond acceptors (Lipinski definition) is 2. The lowest BCUT2D eigenvalue weighted by molar-refractivity contribution is -0.660. The van der Waals surface area contributed by atoms with E-state index in [4.69, 9.17) is 9.90 Å². The van der Waals surface area contributed by atoms with Crippen molar-refractivity contribution in [3.8, 4) is 17.3 Å². The van der Waals surface area contributed by atoms with Gasteiger partial charge in [0.05, 0.1) is 19.9 Å². The molecule has 4 rings (SSSR count). The minimum Gasteiger partial charge on any atom is -0.455 e. The molecule has 0 N–H and O–H groups in total. The number of pyridine rings is 1. The van der Waals surface area contributed by atoms with Crippen LogP contribution in [0, 0.1) is 18.3 Å². The van der Waals surface area contributed by atoms with E-state index in [1.165, 1.54) is 4.57 Å². The molecule has 0 atom stereocenters. The number of nitrogens with zero attached hydrogens (tertiary/aromatic N) is 2. The number of benzene rings is 2.